The maximum atomic E-state index is 14.2. The van der Waals surface area contributed by atoms with Gasteiger partial charge in [0.15, 0.2) is 0 Å². The molecule has 0 aliphatic heterocycles. The summed E-state index contributed by atoms with van der Waals surface area (Å²) in [5.74, 6) is -1.40. The fourth-order valence-electron chi connectivity index (χ4n) is 5.24. The molecular weight excluding hydrogens is 578 g/mol. The quantitative estimate of drug-likeness (QED) is 0.220. The van der Waals surface area contributed by atoms with Gasteiger partial charge in [0.05, 0.1) is 37.8 Å². The molecule has 0 unspecified atom stereocenters. The zero-order valence-electron chi connectivity index (χ0n) is 22.2. The van der Waals surface area contributed by atoms with Crippen LogP contribution >= 0.6 is 15.9 Å². The number of nitrogens with zero attached hydrogens (tertiary/aromatic N) is 5. The Morgan fingerprint density at radius 2 is 1.23 bits per heavy atom. The van der Waals surface area contributed by atoms with Gasteiger partial charge in [-0.05, 0) is 54.0 Å². The number of aromatic nitrogens is 4. The molecule has 3 aromatic carbocycles. The van der Waals surface area contributed by atoms with Crippen LogP contribution in [0.5, 0.6) is 5.75 Å². The Kier molecular flexibility index (Phi) is 6.84. The third kappa shape index (κ3) is 4.19. The van der Waals surface area contributed by atoms with E-state index in [1.165, 1.54) is 21.5 Å². The fraction of sp³-hybridized carbons (Fsp3) is 0.172. The van der Waals surface area contributed by atoms with Crippen molar-refractivity contribution in [2.24, 2.45) is 14.1 Å². The van der Waals surface area contributed by atoms with E-state index in [0.29, 0.717) is 22.8 Å². The largest absolute Gasteiger partial charge is 0.508 e. The summed E-state index contributed by atoms with van der Waals surface area (Å²) < 4.78 is 6.40. The van der Waals surface area contributed by atoms with Crippen molar-refractivity contribution in [1.29, 1.82) is 0 Å². The van der Waals surface area contributed by atoms with Crippen LogP contribution in [-0.2, 0) is 14.1 Å². The van der Waals surface area contributed by atoms with E-state index in [9.17, 15) is 24.8 Å². The second-order valence-electron chi connectivity index (χ2n) is 9.50. The number of phenolic OH excluding ortho intramolecular Hbond substituents is 1. The van der Waals surface area contributed by atoms with Crippen molar-refractivity contribution in [3.05, 3.63) is 136 Å². The maximum Gasteiger partial charge on any atom is 0.284 e. The molecule has 2 heterocycles. The van der Waals surface area contributed by atoms with Gasteiger partial charge < -0.3 is 5.11 Å². The standard InChI is InChI=1S/C29H26BrN5O5/c1-17-25(28(37)33(31(17)3)19-11-7-5-8-12-19)27(21-15-23(35(39)40)22(30)16-24(21)36)26-18(2)32(4)34(29(26)38)20-13-9-6-10-14-20/h5-16,27,36H,1-4H3. The lowest BCUT2D eigenvalue weighted by molar-refractivity contribution is -0.385. The van der Waals surface area contributed by atoms with E-state index < -0.39 is 22.0 Å². The highest BCUT2D eigenvalue weighted by Gasteiger charge is 2.35. The Hall–Kier alpha value is -4.64. The molecule has 0 bridgehead atoms. The minimum atomic E-state index is -1.11. The van der Waals surface area contributed by atoms with Gasteiger partial charge in [0.25, 0.3) is 16.8 Å². The molecule has 0 amide bonds. The monoisotopic (exact) mass is 603 g/mol. The smallest absolute Gasteiger partial charge is 0.284 e. The Bertz CT molecular complexity index is 1780. The van der Waals surface area contributed by atoms with E-state index >= 15 is 0 Å². The van der Waals surface area contributed by atoms with Gasteiger partial charge in [-0.15, -0.1) is 0 Å². The molecule has 5 aromatic rings. The zero-order chi connectivity index (χ0) is 28.9. The van der Waals surface area contributed by atoms with Crippen molar-refractivity contribution in [3.8, 4) is 17.1 Å². The number of nitro groups is 1. The molecule has 40 heavy (non-hydrogen) atoms. The van der Waals surface area contributed by atoms with Crippen LogP contribution < -0.4 is 11.1 Å². The van der Waals surface area contributed by atoms with Gasteiger partial charge in [0, 0.05) is 43.2 Å². The summed E-state index contributed by atoms with van der Waals surface area (Å²) >= 11 is 3.15. The van der Waals surface area contributed by atoms with Crippen molar-refractivity contribution in [2.75, 3.05) is 0 Å². The van der Waals surface area contributed by atoms with Gasteiger partial charge >= 0.3 is 0 Å². The summed E-state index contributed by atoms with van der Waals surface area (Å²) in [5, 5.41) is 23.0. The minimum Gasteiger partial charge on any atom is -0.508 e. The molecule has 10 nitrogen and oxygen atoms in total. The van der Waals surface area contributed by atoms with Crippen molar-refractivity contribution in [1.82, 2.24) is 18.7 Å². The highest BCUT2D eigenvalue weighted by Crippen LogP contribution is 2.42. The predicted octanol–water partition coefficient (Wildman–Crippen LogP) is 4.84. The number of halogens is 1. The van der Waals surface area contributed by atoms with E-state index in [1.54, 1.807) is 61.6 Å². The van der Waals surface area contributed by atoms with Gasteiger partial charge in [-0.25, -0.2) is 9.36 Å². The third-order valence-electron chi connectivity index (χ3n) is 7.38. The zero-order valence-corrected chi connectivity index (χ0v) is 23.8. The first-order valence-corrected chi connectivity index (χ1v) is 13.2. The SMILES string of the molecule is Cc1c(C(c2cc([N+](=O)[O-])c(Br)cc2O)c2c(C)n(C)n(-c3ccccc3)c2=O)c(=O)n(-c2ccccc2)n1C. The summed E-state index contributed by atoms with van der Waals surface area (Å²) in [6.07, 6.45) is 0. The summed E-state index contributed by atoms with van der Waals surface area (Å²) in [5.41, 5.74) is 1.72. The third-order valence-corrected chi connectivity index (χ3v) is 8.01. The van der Waals surface area contributed by atoms with Crippen LogP contribution in [0.1, 0.15) is 34.0 Å². The van der Waals surface area contributed by atoms with E-state index in [2.05, 4.69) is 15.9 Å². The molecule has 204 valence electrons. The van der Waals surface area contributed by atoms with E-state index in [4.69, 9.17) is 0 Å². The van der Waals surface area contributed by atoms with Gasteiger partial charge in [-0.1, -0.05) is 36.4 Å². The second-order valence-corrected chi connectivity index (χ2v) is 10.4. The fourth-order valence-corrected chi connectivity index (χ4v) is 5.71. The molecule has 0 saturated heterocycles. The van der Waals surface area contributed by atoms with E-state index in [0.717, 1.165) is 0 Å². The van der Waals surface area contributed by atoms with Gasteiger partial charge in [-0.3, -0.25) is 29.1 Å². The van der Waals surface area contributed by atoms with Crippen molar-refractivity contribution in [2.45, 2.75) is 19.8 Å². The first kappa shape index (κ1) is 26.9. The molecule has 0 radical (unpaired) electrons. The summed E-state index contributed by atoms with van der Waals surface area (Å²) in [6.45, 7) is 3.50. The molecule has 0 saturated carbocycles. The van der Waals surface area contributed by atoms with Crippen molar-refractivity contribution >= 4 is 21.6 Å². The van der Waals surface area contributed by atoms with Crippen LogP contribution in [0.25, 0.3) is 11.4 Å². The average molecular weight is 604 g/mol. The summed E-state index contributed by atoms with van der Waals surface area (Å²) in [7, 11) is 3.46. The molecule has 0 aliphatic rings. The molecule has 0 fully saturated rings. The molecule has 5 rings (SSSR count). The minimum absolute atomic E-state index is 0.0759. The number of aromatic hydroxyl groups is 1. The van der Waals surface area contributed by atoms with Crippen LogP contribution in [0, 0.1) is 24.0 Å². The molecule has 0 atom stereocenters. The second kappa shape index (κ2) is 10.2. The van der Waals surface area contributed by atoms with Gasteiger partial charge in [0.1, 0.15) is 5.75 Å². The highest BCUT2D eigenvalue weighted by molar-refractivity contribution is 9.10. The number of para-hydroxylation sites is 2. The number of nitro benzene ring substituents is 1. The summed E-state index contributed by atoms with van der Waals surface area (Å²) in [4.78, 5) is 39.7. The molecule has 0 spiro atoms. The van der Waals surface area contributed by atoms with Gasteiger partial charge in [0.2, 0.25) is 0 Å². The Morgan fingerprint density at radius 1 is 0.800 bits per heavy atom. The van der Waals surface area contributed by atoms with Crippen LogP contribution in [-0.4, -0.2) is 28.8 Å². The molecule has 2 aromatic heterocycles. The Morgan fingerprint density at radius 3 is 1.62 bits per heavy atom. The number of hydrogen-bond donors (Lipinski definition) is 1. The Labute approximate surface area is 237 Å². The van der Waals surface area contributed by atoms with Gasteiger partial charge in [-0.2, -0.15) is 0 Å². The lowest BCUT2D eigenvalue weighted by Crippen LogP contribution is -2.26. The molecular formula is C29H26BrN5O5. The normalized spacial score (nSPS) is 11.3. The lowest BCUT2D eigenvalue weighted by Gasteiger charge is -2.18. The number of hydrogen-bond acceptors (Lipinski definition) is 5. The van der Waals surface area contributed by atoms with E-state index in [1.807, 2.05) is 36.4 Å². The maximum absolute atomic E-state index is 14.2. The lowest BCUT2D eigenvalue weighted by atomic mass is 9.84. The first-order valence-electron chi connectivity index (χ1n) is 12.4. The molecule has 1 N–H and O–H groups in total. The van der Waals surface area contributed by atoms with Crippen molar-refractivity contribution < 1.29 is 10.0 Å². The highest BCUT2D eigenvalue weighted by atomic mass is 79.9. The van der Waals surface area contributed by atoms with Crippen LogP contribution in [0.4, 0.5) is 5.69 Å². The predicted molar refractivity (Wildman–Crippen MR) is 155 cm³/mol. The van der Waals surface area contributed by atoms with Crippen LogP contribution in [0.3, 0.4) is 0 Å². The topological polar surface area (TPSA) is 117 Å². The van der Waals surface area contributed by atoms with Crippen molar-refractivity contribution in [3.63, 3.8) is 0 Å². The molecule has 11 heteroatoms. The number of phenols is 1. The molecule has 0 aliphatic carbocycles. The van der Waals surface area contributed by atoms with E-state index in [-0.39, 0.29) is 32.6 Å². The Balaban J connectivity index is 1.91. The van der Waals surface area contributed by atoms with Crippen LogP contribution in [0.15, 0.2) is 86.9 Å². The average Bonchev–Trinajstić information content (AvgIpc) is 3.28. The summed E-state index contributed by atoms with van der Waals surface area (Å²) in [6, 6.07) is 20.5. The van der Waals surface area contributed by atoms with Crippen LogP contribution in [0.2, 0.25) is 0 Å². The first-order chi connectivity index (χ1) is 19.0. The number of rotatable bonds is 6. The number of benzene rings is 3.